The molecule has 0 aliphatic carbocycles. The summed E-state index contributed by atoms with van der Waals surface area (Å²) >= 11 is 0. The summed E-state index contributed by atoms with van der Waals surface area (Å²) in [6, 6.07) is 6.51. The van der Waals surface area contributed by atoms with Gasteiger partial charge in [-0.3, -0.25) is 0 Å². The van der Waals surface area contributed by atoms with Crippen LogP contribution in [0.1, 0.15) is 101 Å². The van der Waals surface area contributed by atoms with Crippen molar-refractivity contribution in [3.63, 3.8) is 0 Å². The number of esters is 2. The van der Waals surface area contributed by atoms with Gasteiger partial charge in [0.15, 0.2) is 0 Å². The van der Waals surface area contributed by atoms with Crippen LogP contribution >= 0.6 is 0 Å². The molecule has 0 N–H and O–H groups in total. The molecule has 28 heavy (non-hydrogen) atoms. The van der Waals surface area contributed by atoms with Crippen molar-refractivity contribution in [3.05, 3.63) is 35.4 Å². The Balaban J connectivity index is 2.46. The standard InChI is InChI=1S/C24H38O4/c1-17(2)9-7-11-19(5)27-23(25)21-13-15-22(16-14-21)24(26)28-20(6)12-8-10-18(3)4/h13-20H,7-12H2,1-6H3. The average molecular weight is 391 g/mol. The van der Waals surface area contributed by atoms with Gasteiger partial charge in [-0.15, -0.1) is 0 Å². The SMILES string of the molecule is CC(C)CCCC(C)OC(=O)c1ccc(C(=O)OC(C)CCCC(C)C)cc1. The molecular formula is C24H38O4. The number of hydrogen-bond acceptors (Lipinski definition) is 4. The quantitative estimate of drug-likeness (QED) is 0.386. The zero-order valence-electron chi connectivity index (χ0n) is 18.5. The molecule has 4 heteroatoms. The van der Waals surface area contributed by atoms with Gasteiger partial charge in [-0.1, -0.05) is 40.5 Å². The molecule has 0 saturated carbocycles. The van der Waals surface area contributed by atoms with E-state index in [1.165, 1.54) is 0 Å². The van der Waals surface area contributed by atoms with E-state index in [0.717, 1.165) is 38.5 Å². The van der Waals surface area contributed by atoms with Crippen LogP contribution in [0, 0.1) is 11.8 Å². The molecule has 1 aromatic carbocycles. The molecule has 1 rings (SSSR count). The summed E-state index contributed by atoms with van der Waals surface area (Å²) in [6.07, 6.45) is 5.87. The van der Waals surface area contributed by atoms with Gasteiger partial charge in [0.1, 0.15) is 0 Å². The Hall–Kier alpha value is -1.84. The molecule has 0 radical (unpaired) electrons. The Morgan fingerprint density at radius 3 is 1.25 bits per heavy atom. The van der Waals surface area contributed by atoms with Crippen LogP contribution in [0.15, 0.2) is 24.3 Å². The Bertz CT molecular complexity index is 536. The molecular weight excluding hydrogens is 352 g/mol. The molecule has 0 amide bonds. The van der Waals surface area contributed by atoms with Crippen molar-refractivity contribution in [2.45, 2.75) is 92.3 Å². The monoisotopic (exact) mass is 390 g/mol. The van der Waals surface area contributed by atoms with E-state index in [9.17, 15) is 9.59 Å². The largest absolute Gasteiger partial charge is 0.459 e. The second kappa shape index (κ2) is 12.6. The predicted octanol–water partition coefficient (Wildman–Crippen LogP) is 6.43. The first-order valence-electron chi connectivity index (χ1n) is 10.7. The van der Waals surface area contributed by atoms with Crippen LogP contribution in [0.3, 0.4) is 0 Å². The molecule has 0 aliphatic heterocycles. The van der Waals surface area contributed by atoms with Gasteiger partial charge in [-0.05, 0) is 75.6 Å². The number of rotatable bonds is 12. The Morgan fingerprint density at radius 2 is 0.964 bits per heavy atom. The van der Waals surface area contributed by atoms with Crippen LogP contribution in [0.25, 0.3) is 0 Å². The van der Waals surface area contributed by atoms with Crippen molar-refractivity contribution < 1.29 is 19.1 Å². The van der Waals surface area contributed by atoms with Gasteiger partial charge in [-0.25, -0.2) is 9.59 Å². The van der Waals surface area contributed by atoms with Crippen LogP contribution in [-0.2, 0) is 9.47 Å². The molecule has 0 heterocycles. The average Bonchev–Trinajstić information content (AvgIpc) is 2.61. The fraction of sp³-hybridized carbons (Fsp3) is 0.667. The molecule has 4 nitrogen and oxygen atoms in total. The van der Waals surface area contributed by atoms with Gasteiger partial charge >= 0.3 is 11.9 Å². The normalized spacial score (nSPS) is 13.4. The highest BCUT2D eigenvalue weighted by molar-refractivity contribution is 5.93. The number of carbonyl (C=O) groups is 2. The van der Waals surface area contributed by atoms with E-state index < -0.39 is 0 Å². The highest BCUT2D eigenvalue weighted by Crippen LogP contribution is 2.15. The number of carbonyl (C=O) groups excluding carboxylic acids is 2. The first kappa shape index (κ1) is 24.2. The second-order valence-corrected chi connectivity index (χ2v) is 8.66. The highest BCUT2D eigenvalue weighted by Gasteiger charge is 2.15. The van der Waals surface area contributed by atoms with Gasteiger partial charge in [0.05, 0.1) is 23.3 Å². The number of benzene rings is 1. The minimum Gasteiger partial charge on any atom is -0.459 e. The molecule has 2 atom stereocenters. The Morgan fingerprint density at radius 1 is 0.643 bits per heavy atom. The lowest BCUT2D eigenvalue weighted by atomic mass is 10.0. The van der Waals surface area contributed by atoms with E-state index in [1.54, 1.807) is 24.3 Å². The first-order valence-corrected chi connectivity index (χ1v) is 10.7. The lowest BCUT2D eigenvalue weighted by Gasteiger charge is -2.15. The van der Waals surface area contributed by atoms with Gasteiger partial charge in [0.2, 0.25) is 0 Å². The van der Waals surface area contributed by atoms with Crippen LogP contribution < -0.4 is 0 Å². The summed E-state index contributed by atoms with van der Waals surface area (Å²) < 4.78 is 11.0. The molecule has 0 aliphatic rings. The molecule has 158 valence electrons. The molecule has 0 bridgehead atoms. The summed E-state index contributed by atoms with van der Waals surface area (Å²) in [5.74, 6) is 0.624. The third-order valence-electron chi connectivity index (χ3n) is 4.76. The van der Waals surface area contributed by atoms with Crippen LogP contribution in [0.5, 0.6) is 0 Å². The minimum atomic E-state index is -0.348. The van der Waals surface area contributed by atoms with Gasteiger partial charge in [-0.2, -0.15) is 0 Å². The Kier molecular flexibility index (Phi) is 10.9. The zero-order chi connectivity index (χ0) is 21.1. The fourth-order valence-corrected chi connectivity index (χ4v) is 2.99. The first-order chi connectivity index (χ1) is 13.2. The summed E-state index contributed by atoms with van der Waals surface area (Å²) in [5.41, 5.74) is 0.912. The topological polar surface area (TPSA) is 52.6 Å². The Labute approximate surface area is 171 Å². The molecule has 2 unspecified atom stereocenters. The van der Waals surface area contributed by atoms with E-state index in [2.05, 4.69) is 27.7 Å². The summed E-state index contributed by atoms with van der Waals surface area (Å²) in [5, 5.41) is 0. The van der Waals surface area contributed by atoms with Gasteiger partial charge < -0.3 is 9.47 Å². The third-order valence-corrected chi connectivity index (χ3v) is 4.76. The maximum atomic E-state index is 12.2. The smallest absolute Gasteiger partial charge is 0.338 e. The lowest BCUT2D eigenvalue weighted by Crippen LogP contribution is -2.17. The summed E-state index contributed by atoms with van der Waals surface area (Å²) in [4.78, 5) is 24.5. The van der Waals surface area contributed by atoms with Crippen molar-refractivity contribution >= 4 is 11.9 Å². The van der Waals surface area contributed by atoms with Crippen molar-refractivity contribution in [3.8, 4) is 0 Å². The third kappa shape index (κ3) is 9.91. The zero-order valence-corrected chi connectivity index (χ0v) is 18.5. The minimum absolute atomic E-state index is 0.109. The van der Waals surface area contributed by atoms with Crippen molar-refractivity contribution in [2.24, 2.45) is 11.8 Å². The number of hydrogen-bond donors (Lipinski definition) is 0. The lowest BCUT2D eigenvalue weighted by molar-refractivity contribution is 0.0302. The molecule has 0 spiro atoms. The maximum Gasteiger partial charge on any atom is 0.338 e. The van der Waals surface area contributed by atoms with Crippen LogP contribution in [-0.4, -0.2) is 24.1 Å². The highest BCUT2D eigenvalue weighted by atomic mass is 16.5. The van der Waals surface area contributed by atoms with E-state index in [4.69, 9.17) is 9.47 Å². The van der Waals surface area contributed by atoms with Crippen molar-refractivity contribution in [1.82, 2.24) is 0 Å². The summed E-state index contributed by atoms with van der Waals surface area (Å²) in [6.45, 7) is 12.6. The van der Waals surface area contributed by atoms with Crippen LogP contribution in [0.4, 0.5) is 0 Å². The van der Waals surface area contributed by atoms with Crippen molar-refractivity contribution in [1.29, 1.82) is 0 Å². The predicted molar refractivity (Wildman–Crippen MR) is 114 cm³/mol. The second-order valence-electron chi connectivity index (χ2n) is 8.66. The van der Waals surface area contributed by atoms with E-state index in [1.807, 2.05) is 13.8 Å². The van der Waals surface area contributed by atoms with E-state index in [0.29, 0.717) is 23.0 Å². The van der Waals surface area contributed by atoms with Gasteiger partial charge in [0.25, 0.3) is 0 Å². The van der Waals surface area contributed by atoms with Gasteiger partial charge in [0, 0.05) is 0 Å². The van der Waals surface area contributed by atoms with Crippen molar-refractivity contribution in [2.75, 3.05) is 0 Å². The molecule has 0 aromatic heterocycles. The summed E-state index contributed by atoms with van der Waals surface area (Å²) in [7, 11) is 0. The van der Waals surface area contributed by atoms with Crippen LogP contribution in [0.2, 0.25) is 0 Å². The maximum absolute atomic E-state index is 12.2. The molecule has 0 saturated heterocycles. The molecule has 1 aromatic rings. The molecule has 0 fully saturated rings. The number of ether oxygens (including phenoxy) is 2. The van der Waals surface area contributed by atoms with E-state index >= 15 is 0 Å². The van der Waals surface area contributed by atoms with E-state index in [-0.39, 0.29) is 24.1 Å². The fourth-order valence-electron chi connectivity index (χ4n) is 2.99.